The van der Waals surface area contributed by atoms with Crippen molar-refractivity contribution in [3.8, 4) is 17.4 Å². The highest BCUT2D eigenvalue weighted by molar-refractivity contribution is 6.11. The minimum atomic E-state index is -0.725. The average molecular weight is 431 g/mol. The number of furan rings is 1. The normalized spacial score (nSPS) is 10.8. The molecule has 2 aromatic carbocycles. The van der Waals surface area contributed by atoms with Crippen LogP contribution >= 0.6 is 0 Å². The summed E-state index contributed by atoms with van der Waals surface area (Å²) >= 11 is 0. The van der Waals surface area contributed by atoms with Crippen LogP contribution in [0.1, 0.15) is 23.0 Å². The van der Waals surface area contributed by atoms with Crippen LogP contribution in [0.5, 0.6) is 0 Å². The van der Waals surface area contributed by atoms with Crippen molar-refractivity contribution in [2.75, 3.05) is 11.9 Å². The number of nitrogens with one attached hydrogen (secondary N) is 1. The van der Waals surface area contributed by atoms with E-state index in [1.54, 1.807) is 31.2 Å². The van der Waals surface area contributed by atoms with E-state index in [-0.39, 0.29) is 34.9 Å². The molecule has 160 valence electrons. The zero-order chi connectivity index (χ0) is 23.1. The number of carbonyl (C=O) groups is 2. The molecule has 0 saturated heterocycles. The summed E-state index contributed by atoms with van der Waals surface area (Å²) in [5.74, 6) is -0.664. The largest absolute Gasteiger partial charge is 0.462 e. The van der Waals surface area contributed by atoms with Crippen LogP contribution in [0, 0.1) is 21.4 Å². The number of rotatable bonds is 7. The number of nitro benzene ring substituents is 1. The van der Waals surface area contributed by atoms with E-state index in [0.29, 0.717) is 11.3 Å². The fourth-order valence-electron chi connectivity index (χ4n) is 2.79. The number of hydrogen-bond acceptors (Lipinski definition) is 7. The highest BCUT2D eigenvalue weighted by atomic mass is 16.6. The van der Waals surface area contributed by atoms with E-state index < -0.39 is 16.8 Å². The van der Waals surface area contributed by atoms with Crippen molar-refractivity contribution in [3.05, 3.63) is 87.7 Å². The van der Waals surface area contributed by atoms with Gasteiger partial charge >= 0.3 is 5.97 Å². The number of benzene rings is 2. The molecule has 1 N–H and O–H groups in total. The molecular weight excluding hydrogens is 414 g/mol. The molecular formula is C23H17N3O6. The molecule has 3 aromatic rings. The summed E-state index contributed by atoms with van der Waals surface area (Å²) in [6, 6.07) is 17.1. The number of para-hydroxylation sites is 1. The SMILES string of the molecule is CCOC(=O)c1ccccc1NC(=O)C(C#N)=Cc1ccc(-c2ccc([N+](=O)[O-])cc2)o1. The molecule has 1 amide bonds. The lowest BCUT2D eigenvalue weighted by atomic mass is 10.1. The minimum Gasteiger partial charge on any atom is -0.462 e. The van der Waals surface area contributed by atoms with Crippen molar-refractivity contribution in [1.29, 1.82) is 5.26 Å². The first-order valence-electron chi connectivity index (χ1n) is 9.47. The zero-order valence-electron chi connectivity index (χ0n) is 16.9. The van der Waals surface area contributed by atoms with Gasteiger partial charge in [-0.25, -0.2) is 4.79 Å². The smallest absolute Gasteiger partial charge is 0.340 e. The number of nitriles is 1. The summed E-state index contributed by atoms with van der Waals surface area (Å²) < 4.78 is 10.6. The predicted octanol–water partition coefficient (Wildman–Crippen LogP) is 4.58. The van der Waals surface area contributed by atoms with E-state index in [1.165, 1.54) is 42.5 Å². The number of nitro groups is 1. The zero-order valence-corrected chi connectivity index (χ0v) is 16.9. The van der Waals surface area contributed by atoms with E-state index in [9.17, 15) is 25.0 Å². The molecule has 0 atom stereocenters. The molecule has 1 heterocycles. The third-order valence-electron chi connectivity index (χ3n) is 4.31. The average Bonchev–Trinajstić information content (AvgIpc) is 3.26. The van der Waals surface area contributed by atoms with Gasteiger partial charge < -0.3 is 14.5 Å². The third-order valence-corrected chi connectivity index (χ3v) is 4.31. The van der Waals surface area contributed by atoms with E-state index in [2.05, 4.69) is 5.32 Å². The van der Waals surface area contributed by atoms with Gasteiger partial charge in [0.25, 0.3) is 11.6 Å². The summed E-state index contributed by atoms with van der Waals surface area (Å²) in [5.41, 5.74) is 0.684. The number of amides is 1. The molecule has 0 aliphatic heterocycles. The van der Waals surface area contributed by atoms with Crippen molar-refractivity contribution in [2.45, 2.75) is 6.92 Å². The Balaban J connectivity index is 1.80. The summed E-state index contributed by atoms with van der Waals surface area (Å²) in [6.07, 6.45) is 1.26. The second kappa shape index (κ2) is 9.86. The Morgan fingerprint density at radius 1 is 1.16 bits per heavy atom. The quantitative estimate of drug-likeness (QED) is 0.190. The van der Waals surface area contributed by atoms with Gasteiger partial charge in [0.1, 0.15) is 23.2 Å². The first kappa shape index (κ1) is 22.0. The van der Waals surface area contributed by atoms with Gasteiger partial charge in [-0.05, 0) is 43.3 Å². The van der Waals surface area contributed by atoms with Gasteiger partial charge in [-0.2, -0.15) is 5.26 Å². The van der Waals surface area contributed by atoms with E-state index in [4.69, 9.17) is 9.15 Å². The lowest BCUT2D eigenvalue weighted by molar-refractivity contribution is -0.384. The van der Waals surface area contributed by atoms with Gasteiger partial charge in [-0.15, -0.1) is 0 Å². The first-order valence-corrected chi connectivity index (χ1v) is 9.47. The van der Waals surface area contributed by atoms with Crippen molar-refractivity contribution >= 4 is 29.3 Å². The van der Waals surface area contributed by atoms with Crippen LogP contribution in [0.2, 0.25) is 0 Å². The maximum Gasteiger partial charge on any atom is 0.340 e. The van der Waals surface area contributed by atoms with E-state index in [0.717, 1.165) is 0 Å². The molecule has 0 spiro atoms. The summed E-state index contributed by atoms with van der Waals surface area (Å²) in [6.45, 7) is 1.85. The van der Waals surface area contributed by atoms with Crippen LogP contribution in [-0.4, -0.2) is 23.4 Å². The van der Waals surface area contributed by atoms with E-state index >= 15 is 0 Å². The summed E-state index contributed by atoms with van der Waals surface area (Å²) in [7, 11) is 0. The number of ether oxygens (including phenoxy) is 1. The van der Waals surface area contributed by atoms with Crippen LogP contribution in [0.3, 0.4) is 0 Å². The number of nitrogens with zero attached hydrogens (tertiary/aromatic N) is 2. The standard InChI is InChI=1S/C23H17N3O6/c1-2-31-23(28)19-5-3-4-6-20(19)25-22(27)16(14-24)13-18-11-12-21(32-18)15-7-9-17(10-8-15)26(29)30/h3-13H,2H2,1H3,(H,25,27). The summed E-state index contributed by atoms with van der Waals surface area (Å²) in [4.78, 5) is 34.9. The first-order chi connectivity index (χ1) is 15.4. The van der Waals surface area contributed by atoms with Gasteiger partial charge in [0.15, 0.2) is 0 Å². The van der Waals surface area contributed by atoms with Crippen molar-refractivity contribution < 1.29 is 23.7 Å². The fourth-order valence-corrected chi connectivity index (χ4v) is 2.79. The third kappa shape index (κ3) is 5.06. The second-order valence-electron chi connectivity index (χ2n) is 6.40. The number of carbonyl (C=O) groups excluding carboxylic acids is 2. The van der Waals surface area contributed by atoms with Crippen molar-refractivity contribution in [2.24, 2.45) is 0 Å². The number of non-ortho nitro benzene ring substituents is 1. The molecule has 3 rings (SSSR count). The molecule has 9 heteroatoms. The van der Waals surface area contributed by atoms with Crippen molar-refractivity contribution in [1.82, 2.24) is 0 Å². The highest BCUT2D eigenvalue weighted by Gasteiger charge is 2.17. The molecule has 9 nitrogen and oxygen atoms in total. The van der Waals surface area contributed by atoms with E-state index in [1.807, 2.05) is 6.07 Å². The molecule has 32 heavy (non-hydrogen) atoms. The topological polar surface area (TPSA) is 135 Å². The van der Waals surface area contributed by atoms with Gasteiger partial charge in [0.2, 0.25) is 0 Å². The minimum absolute atomic E-state index is 0.0491. The molecule has 0 saturated carbocycles. The molecule has 0 radical (unpaired) electrons. The molecule has 0 fully saturated rings. The lowest BCUT2D eigenvalue weighted by Gasteiger charge is -2.09. The predicted molar refractivity (Wildman–Crippen MR) is 115 cm³/mol. The Kier molecular flexibility index (Phi) is 6.78. The van der Waals surface area contributed by atoms with Crippen LogP contribution in [0.4, 0.5) is 11.4 Å². The number of anilines is 1. The molecule has 1 aromatic heterocycles. The van der Waals surface area contributed by atoms with Crippen LogP contribution in [0.25, 0.3) is 17.4 Å². The monoisotopic (exact) mass is 431 g/mol. The van der Waals surface area contributed by atoms with Gasteiger partial charge in [-0.1, -0.05) is 12.1 Å². The Labute approximate surface area is 182 Å². The lowest BCUT2D eigenvalue weighted by Crippen LogP contribution is -2.17. The van der Waals surface area contributed by atoms with Crippen LogP contribution < -0.4 is 5.32 Å². The van der Waals surface area contributed by atoms with Crippen molar-refractivity contribution in [3.63, 3.8) is 0 Å². The Bertz CT molecular complexity index is 1240. The Morgan fingerprint density at radius 3 is 2.53 bits per heavy atom. The molecule has 0 aliphatic carbocycles. The number of esters is 1. The van der Waals surface area contributed by atoms with Crippen LogP contribution in [-0.2, 0) is 9.53 Å². The Hall–Kier alpha value is -4.71. The second-order valence-corrected chi connectivity index (χ2v) is 6.40. The maximum atomic E-state index is 12.6. The van der Waals surface area contributed by atoms with Gasteiger partial charge in [0.05, 0.1) is 22.8 Å². The highest BCUT2D eigenvalue weighted by Crippen LogP contribution is 2.26. The maximum absolute atomic E-state index is 12.6. The molecule has 0 aliphatic rings. The van der Waals surface area contributed by atoms with Gasteiger partial charge in [-0.3, -0.25) is 14.9 Å². The van der Waals surface area contributed by atoms with Crippen LogP contribution in [0.15, 0.2) is 70.7 Å². The Morgan fingerprint density at radius 2 is 1.88 bits per heavy atom. The fraction of sp³-hybridized carbons (Fsp3) is 0.0870. The van der Waals surface area contributed by atoms with Gasteiger partial charge in [0, 0.05) is 23.8 Å². The molecule has 0 bridgehead atoms. The number of hydrogen-bond donors (Lipinski definition) is 1. The summed E-state index contributed by atoms with van der Waals surface area (Å²) in [5, 5.41) is 22.7. The molecule has 0 unspecified atom stereocenters.